The summed E-state index contributed by atoms with van der Waals surface area (Å²) < 4.78 is 0. The highest BCUT2D eigenvalue weighted by Crippen LogP contribution is 2.26. The van der Waals surface area contributed by atoms with Gasteiger partial charge in [0.15, 0.2) is 0 Å². The van der Waals surface area contributed by atoms with Crippen molar-refractivity contribution in [2.24, 2.45) is 0 Å². The first-order chi connectivity index (χ1) is 10.3. The van der Waals surface area contributed by atoms with Crippen molar-refractivity contribution in [3.05, 3.63) is 16.1 Å². The molecule has 0 bridgehead atoms. The molecule has 1 fully saturated rings. The standard InChI is InChI=1S/C16H27N3O2S/c1-10(14-19-13(9-22-14)16(2,3)4)17-15(21)18-11-5-7-12(20)8-6-11/h9-12,20H,5-8H2,1-4H3,(H2,17,18,21). The first-order valence-electron chi connectivity index (χ1n) is 7.96. The van der Waals surface area contributed by atoms with E-state index in [9.17, 15) is 9.90 Å². The van der Waals surface area contributed by atoms with Crippen LogP contribution in [0.3, 0.4) is 0 Å². The number of thiazole rings is 1. The van der Waals surface area contributed by atoms with Crippen molar-refractivity contribution in [3.63, 3.8) is 0 Å². The lowest BCUT2D eigenvalue weighted by Gasteiger charge is -2.26. The van der Waals surface area contributed by atoms with Crippen molar-refractivity contribution in [2.45, 2.75) is 77.0 Å². The van der Waals surface area contributed by atoms with Crippen LogP contribution in [0.1, 0.15) is 70.1 Å². The Morgan fingerprint density at radius 2 is 2.00 bits per heavy atom. The van der Waals surface area contributed by atoms with E-state index in [0.29, 0.717) is 0 Å². The Kier molecular flexibility index (Phi) is 5.45. The van der Waals surface area contributed by atoms with Crippen LogP contribution in [0.25, 0.3) is 0 Å². The molecule has 5 nitrogen and oxygen atoms in total. The predicted octanol–water partition coefficient (Wildman–Crippen LogP) is 3.10. The molecule has 0 saturated heterocycles. The first-order valence-corrected chi connectivity index (χ1v) is 8.84. The second-order valence-electron chi connectivity index (χ2n) is 7.17. The van der Waals surface area contributed by atoms with Gasteiger partial charge in [0.1, 0.15) is 5.01 Å². The molecule has 1 heterocycles. The summed E-state index contributed by atoms with van der Waals surface area (Å²) >= 11 is 1.59. The Labute approximate surface area is 136 Å². The zero-order chi connectivity index (χ0) is 16.3. The van der Waals surface area contributed by atoms with Crippen molar-refractivity contribution in [1.82, 2.24) is 15.6 Å². The minimum atomic E-state index is -0.203. The third-order valence-corrected chi connectivity index (χ3v) is 5.07. The minimum absolute atomic E-state index is 0.0274. The van der Waals surface area contributed by atoms with Gasteiger partial charge in [-0.25, -0.2) is 9.78 Å². The number of urea groups is 1. The number of aromatic nitrogens is 1. The average Bonchev–Trinajstić information content (AvgIpc) is 2.91. The van der Waals surface area contributed by atoms with E-state index < -0.39 is 0 Å². The lowest BCUT2D eigenvalue weighted by molar-refractivity contribution is 0.117. The van der Waals surface area contributed by atoms with E-state index >= 15 is 0 Å². The maximum absolute atomic E-state index is 12.1. The SMILES string of the molecule is CC(NC(=O)NC1CCC(O)CC1)c1nc(C(C)(C)C)cs1. The maximum atomic E-state index is 12.1. The van der Waals surface area contributed by atoms with E-state index in [0.717, 1.165) is 36.4 Å². The van der Waals surface area contributed by atoms with Crippen LogP contribution in [0.4, 0.5) is 4.79 Å². The predicted molar refractivity (Wildman–Crippen MR) is 89.2 cm³/mol. The highest BCUT2D eigenvalue weighted by Gasteiger charge is 2.23. The summed E-state index contributed by atoms with van der Waals surface area (Å²) in [6.07, 6.45) is 3.01. The smallest absolute Gasteiger partial charge is 0.315 e. The summed E-state index contributed by atoms with van der Waals surface area (Å²) in [7, 11) is 0. The van der Waals surface area contributed by atoms with Crippen molar-refractivity contribution in [2.75, 3.05) is 0 Å². The van der Waals surface area contributed by atoms with Crippen LogP contribution in [0.5, 0.6) is 0 Å². The van der Waals surface area contributed by atoms with Gasteiger partial charge in [-0.15, -0.1) is 11.3 Å². The van der Waals surface area contributed by atoms with E-state index in [1.54, 1.807) is 11.3 Å². The van der Waals surface area contributed by atoms with E-state index in [-0.39, 0.29) is 29.6 Å². The number of nitrogens with one attached hydrogen (secondary N) is 2. The molecule has 1 aliphatic carbocycles. The van der Waals surface area contributed by atoms with E-state index in [2.05, 4.69) is 41.8 Å². The topological polar surface area (TPSA) is 74.2 Å². The fourth-order valence-corrected chi connectivity index (χ4v) is 3.59. The number of carbonyl (C=O) groups excluding carboxylic acids is 1. The molecular weight excluding hydrogens is 298 g/mol. The van der Waals surface area contributed by atoms with Crippen LogP contribution in [0, 0.1) is 0 Å². The van der Waals surface area contributed by atoms with Crippen LogP contribution < -0.4 is 10.6 Å². The summed E-state index contributed by atoms with van der Waals surface area (Å²) in [4.78, 5) is 16.7. The molecule has 0 radical (unpaired) electrons. The maximum Gasteiger partial charge on any atom is 0.315 e. The zero-order valence-corrected chi connectivity index (χ0v) is 14.7. The molecule has 0 spiro atoms. The molecule has 6 heteroatoms. The Morgan fingerprint density at radius 1 is 1.36 bits per heavy atom. The third-order valence-electron chi connectivity index (χ3n) is 4.04. The number of nitrogens with zero attached hydrogens (tertiary/aromatic N) is 1. The molecular formula is C16H27N3O2S. The molecule has 2 rings (SSSR count). The summed E-state index contributed by atoms with van der Waals surface area (Å²) in [6, 6.07) is -0.0892. The monoisotopic (exact) mass is 325 g/mol. The molecule has 1 aromatic heterocycles. The van der Waals surface area contributed by atoms with Gasteiger partial charge in [0.25, 0.3) is 0 Å². The molecule has 2 amide bonds. The zero-order valence-electron chi connectivity index (χ0n) is 13.8. The normalized spacial score (nSPS) is 23.9. The molecule has 3 N–H and O–H groups in total. The summed E-state index contributed by atoms with van der Waals surface area (Å²) in [5.74, 6) is 0. The van der Waals surface area contributed by atoms with Crippen LogP contribution in [-0.2, 0) is 5.41 Å². The lowest BCUT2D eigenvalue weighted by Crippen LogP contribution is -2.44. The third kappa shape index (κ3) is 4.68. The molecule has 1 saturated carbocycles. The minimum Gasteiger partial charge on any atom is -0.393 e. The quantitative estimate of drug-likeness (QED) is 0.799. The summed E-state index contributed by atoms with van der Waals surface area (Å²) in [5, 5.41) is 18.4. The van der Waals surface area contributed by atoms with Crippen molar-refractivity contribution < 1.29 is 9.90 Å². The van der Waals surface area contributed by atoms with Crippen molar-refractivity contribution in [3.8, 4) is 0 Å². The largest absolute Gasteiger partial charge is 0.393 e. The Bertz CT molecular complexity index is 502. The van der Waals surface area contributed by atoms with Gasteiger partial charge < -0.3 is 15.7 Å². The number of rotatable bonds is 3. The molecule has 1 aliphatic rings. The lowest BCUT2D eigenvalue weighted by atomic mass is 9.93. The van der Waals surface area contributed by atoms with E-state index in [1.165, 1.54) is 0 Å². The number of hydrogen-bond acceptors (Lipinski definition) is 4. The van der Waals surface area contributed by atoms with Crippen LogP contribution in [0.2, 0.25) is 0 Å². The number of carbonyl (C=O) groups is 1. The second kappa shape index (κ2) is 6.96. The summed E-state index contributed by atoms with van der Waals surface area (Å²) in [6.45, 7) is 8.35. The number of aliphatic hydroxyl groups excluding tert-OH is 1. The first kappa shape index (κ1) is 17.2. The van der Waals surface area contributed by atoms with Gasteiger partial charge in [0.2, 0.25) is 0 Å². The second-order valence-corrected chi connectivity index (χ2v) is 8.06. The average molecular weight is 325 g/mol. The number of hydrogen-bond donors (Lipinski definition) is 3. The molecule has 1 unspecified atom stereocenters. The number of aliphatic hydroxyl groups is 1. The highest BCUT2D eigenvalue weighted by atomic mass is 32.1. The number of amides is 2. The fraction of sp³-hybridized carbons (Fsp3) is 0.750. The van der Waals surface area contributed by atoms with Gasteiger partial charge in [-0.3, -0.25) is 0 Å². The van der Waals surface area contributed by atoms with Crippen molar-refractivity contribution in [1.29, 1.82) is 0 Å². The Balaban J connectivity index is 1.84. The molecule has 0 aromatic carbocycles. The highest BCUT2D eigenvalue weighted by molar-refractivity contribution is 7.09. The molecule has 124 valence electrons. The van der Waals surface area contributed by atoms with E-state index in [1.807, 2.05) is 6.92 Å². The van der Waals surface area contributed by atoms with Crippen LogP contribution in [-0.4, -0.2) is 28.3 Å². The Hall–Kier alpha value is -1.14. The summed E-state index contributed by atoms with van der Waals surface area (Å²) in [5.41, 5.74) is 1.09. The van der Waals surface area contributed by atoms with Gasteiger partial charge >= 0.3 is 6.03 Å². The van der Waals surface area contributed by atoms with Gasteiger partial charge in [-0.05, 0) is 32.6 Å². The van der Waals surface area contributed by atoms with Crippen molar-refractivity contribution >= 4 is 17.4 Å². The van der Waals surface area contributed by atoms with Gasteiger partial charge in [-0.1, -0.05) is 20.8 Å². The van der Waals surface area contributed by atoms with Crippen LogP contribution >= 0.6 is 11.3 Å². The fourth-order valence-electron chi connectivity index (χ4n) is 2.54. The molecule has 1 atom stereocenters. The van der Waals surface area contributed by atoms with Crippen LogP contribution in [0.15, 0.2) is 5.38 Å². The van der Waals surface area contributed by atoms with Gasteiger partial charge in [-0.2, -0.15) is 0 Å². The van der Waals surface area contributed by atoms with Gasteiger partial charge in [0.05, 0.1) is 17.8 Å². The van der Waals surface area contributed by atoms with Gasteiger partial charge in [0, 0.05) is 16.8 Å². The Morgan fingerprint density at radius 3 is 2.55 bits per heavy atom. The molecule has 22 heavy (non-hydrogen) atoms. The van der Waals surface area contributed by atoms with E-state index in [4.69, 9.17) is 0 Å². The molecule has 0 aliphatic heterocycles. The molecule has 1 aromatic rings.